The fourth-order valence-corrected chi connectivity index (χ4v) is 2.51. The average Bonchev–Trinajstić information content (AvgIpc) is 2.17. The maximum atomic E-state index is 6.16. The third-order valence-electron chi connectivity index (χ3n) is 2.46. The van der Waals surface area contributed by atoms with Crippen LogP contribution in [0.15, 0.2) is 16.7 Å². The van der Waals surface area contributed by atoms with E-state index in [1.165, 1.54) is 0 Å². The first kappa shape index (κ1) is 11.2. The van der Waals surface area contributed by atoms with E-state index < -0.39 is 0 Å². The lowest BCUT2D eigenvalue weighted by Gasteiger charge is -2.33. The van der Waals surface area contributed by atoms with E-state index in [4.69, 9.17) is 11.6 Å². The van der Waals surface area contributed by atoms with Crippen LogP contribution < -0.4 is 10.2 Å². The third-order valence-corrected chi connectivity index (χ3v) is 3.17. The maximum absolute atomic E-state index is 6.16. The zero-order valence-electron chi connectivity index (χ0n) is 8.50. The summed E-state index contributed by atoms with van der Waals surface area (Å²) in [7, 11) is 0. The van der Waals surface area contributed by atoms with Crippen molar-refractivity contribution in [3.05, 3.63) is 21.8 Å². The molecule has 15 heavy (non-hydrogen) atoms. The smallest absolute Gasteiger partial charge is 0.147 e. The van der Waals surface area contributed by atoms with Crippen molar-refractivity contribution in [1.29, 1.82) is 0 Å². The standard InChI is InChI=1S/C10H13BrClN3/c1-7-6-15(3-2-13-7)10-9(12)4-8(11)5-14-10/h4-5,7,13H,2-3,6H2,1H3/t7-/m0/s1. The van der Waals surface area contributed by atoms with E-state index >= 15 is 0 Å². The number of piperazine rings is 1. The first-order valence-electron chi connectivity index (χ1n) is 4.96. The molecular weight excluding hydrogens is 277 g/mol. The van der Waals surface area contributed by atoms with Gasteiger partial charge < -0.3 is 10.2 Å². The van der Waals surface area contributed by atoms with Gasteiger partial charge >= 0.3 is 0 Å². The highest BCUT2D eigenvalue weighted by atomic mass is 79.9. The van der Waals surface area contributed by atoms with Crippen molar-refractivity contribution in [2.75, 3.05) is 24.5 Å². The van der Waals surface area contributed by atoms with E-state index in [2.05, 4.69) is 38.1 Å². The second-order valence-electron chi connectivity index (χ2n) is 3.76. The van der Waals surface area contributed by atoms with Crippen LogP contribution in [0.25, 0.3) is 0 Å². The summed E-state index contributed by atoms with van der Waals surface area (Å²) in [6.07, 6.45) is 1.79. The number of hydrogen-bond acceptors (Lipinski definition) is 3. The molecule has 0 aliphatic carbocycles. The molecule has 0 bridgehead atoms. The number of anilines is 1. The summed E-state index contributed by atoms with van der Waals surface area (Å²) in [6, 6.07) is 2.37. The van der Waals surface area contributed by atoms with E-state index in [1.54, 1.807) is 6.20 Å². The van der Waals surface area contributed by atoms with Crippen LogP contribution in [0.4, 0.5) is 5.82 Å². The molecule has 1 saturated heterocycles. The molecular formula is C10H13BrClN3. The highest BCUT2D eigenvalue weighted by Gasteiger charge is 2.18. The summed E-state index contributed by atoms with van der Waals surface area (Å²) in [5.74, 6) is 0.883. The summed E-state index contributed by atoms with van der Waals surface area (Å²) in [5.41, 5.74) is 0. The zero-order chi connectivity index (χ0) is 10.8. The summed E-state index contributed by atoms with van der Waals surface area (Å²) >= 11 is 9.51. The van der Waals surface area contributed by atoms with Gasteiger partial charge in [-0.15, -0.1) is 0 Å². The molecule has 1 aromatic rings. The van der Waals surface area contributed by atoms with Gasteiger partial charge in [0, 0.05) is 36.3 Å². The fraction of sp³-hybridized carbons (Fsp3) is 0.500. The van der Waals surface area contributed by atoms with E-state index in [0.717, 1.165) is 29.9 Å². The zero-order valence-corrected chi connectivity index (χ0v) is 10.8. The molecule has 82 valence electrons. The summed E-state index contributed by atoms with van der Waals surface area (Å²) < 4.78 is 0.916. The Kier molecular flexibility index (Phi) is 3.49. The van der Waals surface area contributed by atoms with Gasteiger partial charge in [-0.2, -0.15) is 0 Å². The van der Waals surface area contributed by atoms with Crippen molar-refractivity contribution in [3.8, 4) is 0 Å². The van der Waals surface area contributed by atoms with Gasteiger partial charge in [0.05, 0.1) is 5.02 Å². The lowest BCUT2D eigenvalue weighted by Crippen LogP contribution is -2.49. The van der Waals surface area contributed by atoms with Crippen LogP contribution in [-0.4, -0.2) is 30.7 Å². The van der Waals surface area contributed by atoms with Crippen LogP contribution in [0.1, 0.15) is 6.92 Å². The van der Waals surface area contributed by atoms with Crippen LogP contribution in [0.5, 0.6) is 0 Å². The van der Waals surface area contributed by atoms with Crippen LogP contribution in [0, 0.1) is 0 Å². The summed E-state index contributed by atoms with van der Waals surface area (Å²) in [4.78, 5) is 6.57. The van der Waals surface area contributed by atoms with Crippen LogP contribution in [-0.2, 0) is 0 Å². The highest BCUT2D eigenvalue weighted by molar-refractivity contribution is 9.10. The van der Waals surface area contributed by atoms with Gasteiger partial charge in [0.25, 0.3) is 0 Å². The number of nitrogens with one attached hydrogen (secondary N) is 1. The van der Waals surface area contributed by atoms with Crippen molar-refractivity contribution in [3.63, 3.8) is 0 Å². The minimum absolute atomic E-state index is 0.486. The molecule has 0 unspecified atom stereocenters. The van der Waals surface area contributed by atoms with Crippen molar-refractivity contribution in [2.45, 2.75) is 13.0 Å². The second kappa shape index (κ2) is 4.68. The van der Waals surface area contributed by atoms with Crippen LogP contribution >= 0.6 is 27.5 Å². The van der Waals surface area contributed by atoms with Crippen LogP contribution in [0.2, 0.25) is 5.02 Å². The number of aromatic nitrogens is 1. The molecule has 2 rings (SSSR count). The second-order valence-corrected chi connectivity index (χ2v) is 5.08. The highest BCUT2D eigenvalue weighted by Crippen LogP contribution is 2.26. The lowest BCUT2D eigenvalue weighted by atomic mass is 10.2. The summed E-state index contributed by atoms with van der Waals surface area (Å²) in [5, 5.41) is 4.10. The topological polar surface area (TPSA) is 28.2 Å². The predicted molar refractivity (Wildman–Crippen MR) is 66.6 cm³/mol. The number of hydrogen-bond donors (Lipinski definition) is 1. The SMILES string of the molecule is C[C@H]1CN(c2ncc(Br)cc2Cl)CCN1. The van der Waals surface area contributed by atoms with E-state index in [-0.39, 0.29) is 0 Å². The lowest BCUT2D eigenvalue weighted by molar-refractivity contribution is 0.482. The first-order valence-corrected chi connectivity index (χ1v) is 6.13. The molecule has 0 saturated carbocycles. The van der Waals surface area contributed by atoms with Crippen LogP contribution in [0.3, 0.4) is 0 Å². The Bertz CT molecular complexity index is 359. The summed E-state index contributed by atoms with van der Waals surface area (Å²) in [6.45, 7) is 5.06. The molecule has 0 aromatic carbocycles. The van der Waals surface area contributed by atoms with E-state index in [0.29, 0.717) is 11.1 Å². The van der Waals surface area contributed by atoms with Gasteiger partial charge in [0.2, 0.25) is 0 Å². The Morgan fingerprint density at radius 2 is 2.47 bits per heavy atom. The van der Waals surface area contributed by atoms with Gasteiger partial charge in [0.1, 0.15) is 5.82 Å². The molecule has 0 amide bonds. The molecule has 0 radical (unpaired) electrons. The van der Waals surface area contributed by atoms with Gasteiger partial charge in [-0.3, -0.25) is 0 Å². The van der Waals surface area contributed by atoms with Crippen molar-refractivity contribution in [1.82, 2.24) is 10.3 Å². The molecule has 1 fully saturated rings. The monoisotopic (exact) mass is 289 g/mol. The number of pyridine rings is 1. The Hall–Kier alpha value is -0.320. The number of nitrogens with zero attached hydrogens (tertiary/aromatic N) is 2. The molecule has 0 spiro atoms. The Labute approximate surface area is 103 Å². The van der Waals surface area contributed by atoms with Crippen molar-refractivity contribution >= 4 is 33.3 Å². The normalized spacial score (nSPS) is 21.8. The minimum atomic E-state index is 0.486. The average molecular weight is 291 g/mol. The van der Waals surface area contributed by atoms with Gasteiger partial charge in [-0.05, 0) is 28.9 Å². The number of rotatable bonds is 1. The molecule has 1 aromatic heterocycles. The van der Waals surface area contributed by atoms with Gasteiger partial charge in [0.15, 0.2) is 0 Å². The molecule has 1 atom stereocenters. The third kappa shape index (κ3) is 2.62. The molecule has 1 aliphatic heterocycles. The van der Waals surface area contributed by atoms with E-state index in [9.17, 15) is 0 Å². The van der Waals surface area contributed by atoms with Gasteiger partial charge in [-0.25, -0.2) is 4.98 Å². The predicted octanol–water partition coefficient (Wildman–Crippen LogP) is 2.30. The van der Waals surface area contributed by atoms with Crippen molar-refractivity contribution in [2.24, 2.45) is 0 Å². The quantitative estimate of drug-likeness (QED) is 0.860. The Balaban J connectivity index is 2.21. The first-order chi connectivity index (χ1) is 7.16. The maximum Gasteiger partial charge on any atom is 0.147 e. The molecule has 2 heterocycles. The minimum Gasteiger partial charge on any atom is -0.353 e. The molecule has 3 nitrogen and oxygen atoms in total. The Morgan fingerprint density at radius 3 is 3.13 bits per heavy atom. The Morgan fingerprint density at radius 1 is 1.67 bits per heavy atom. The molecule has 5 heteroatoms. The largest absolute Gasteiger partial charge is 0.353 e. The molecule has 1 N–H and O–H groups in total. The fourth-order valence-electron chi connectivity index (χ4n) is 1.76. The van der Waals surface area contributed by atoms with Crippen molar-refractivity contribution < 1.29 is 0 Å². The number of halogens is 2. The molecule has 1 aliphatic rings. The van der Waals surface area contributed by atoms with E-state index in [1.807, 2.05) is 6.07 Å². The van der Waals surface area contributed by atoms with Gasteiger partial charge in [-0.1, -0.05) is 11.6 Å².